The number of benzene rings is 2. The zero-order valence-corrected chi connectivity index (χ0v) is 14.3. The summed E-state index contributed by atoms with van der Waals surface area (Å²) in [5.74, 6) is 0.144. The van der Waals surface area contributed by atoms with Crippen molar-refractivity contribution in [1.29, 1.82) is 0 Å². The van der Waals surface area contributed by atoms with Crippen LogP contribution in [0.2, 0.25) is 0 Å². The van der Waals surface area contributed by atoms with Crippen molar-refractivity contribution in [3.05, 3.63) is 59.0 Å². The van der Waals surface area contributed by atoms with Crippen molar-refractivity contribution in [2.24, 2.45) is 0 Å². The van der Waals surface area contributed by atoms with Crippen LogP contribution in [0.15, 0.2) is 57.7 Å². The van der Waals surface area contributed by atoms with Gasteiger partial charge in [0.25, 0.3) is 0 Å². The van der Waals surface area contributed by atoms with Crippen LogP contribution in [0.5, 0.6) is 0 Å². The maximum atomic E-state index is 12.5. The molecule has 0 saturated carbocycles. The molecule has 8 heteroatoms. The second kappa shape index (κ2) is 6.78. The van der Waals surface area contributed by atoms with Crippen LogP contribution in [0.4, 0.5) is 5.69 Å². The summed E-state index contributed by atoms with van der Waals surface area (Å²) in [6.45, 7) is 0.308. The van der Waals surface area contributed by atoms with E-state index in [4.69, 9.17) is 16.0 Å². The summed E-state index contributed by atoms with van der Waals surface area (Å²) >= 11 is 5.58. The molecule has 132 valence electrons. The van der Waals surface area contributed by atoms with Gasteiger partial charge in [-0.15, -0.1) is 16.7 Å². The van der Waals surface area contributed by atoms with Crippen molar-refractivity contribution < 1.29 is 9.52 Å². The molecule has 0 spiro atoms. The number of anilines is 1. The highest BCUT2D eigenvalue weighted by molar-refractivity contribution is 6.18. The number of aromatic nitrogens is 3. The normalized spacial score (nSPS) is 12.5. The lowest BCUT2D eigenvalue weighted by atomic mass is 10.2. The molecule has 26 heavy (non-hydrogen) atoms. The smallest absolute Gasteiger partial charge is 0.362 e. The fourth-order valence-corrected chi connectivity index (χ4v) is 2.80. The van der Waals surface area contributed by atoms with E-state index in [0.717, 1.165) is 16.6 Å². The van der Waals surface area contributed by atoms with Gasteiger partial charge in [0, 0.05) is 23.7 Å². The Balaban J connectivity index is 1.74. The van der Waals surface area contributed by atoms with Gasteiger partial charge >= 0.3 is 5.63 Å². The van der Waals surface area contributed by atoms with Crippen LogP contribution in [-0.4, -0.2) is 38.6 Å². The molecular formula is C18H15ClN4O3. The molecule has 1 atom stereocenters. The summed E-state index contributed by atoms with van der Waals surface area (Å²) in [6.07, 6.45) is -0.651. The minimum Gasteiger partial charge on any atom is -0.421 e. The lowest BCUT2D eigenvalue weighted by Gasteiger charge is -2.10. The largest absolute Gasteiger partial charge is 0.421 e. The third-order valence-corrected chi connectivity index (χ3v) is 4.37. The van der Waals surface area contributed by atoms with E-state index in [0.29, 0.717) is 23.3 Å². The Morgan fingerprint density at radius 2 is 2.08 bits per heavy atom. The summed E-state index contributed by atoms with van der Waals surface area (Å²) in [7, 11) is 0. The molecule has 0 saturated heterocycles. The molecule has 0 aliphatic heterocycles. The minimum atomic E-state index is -0.651. The number of rotatable bonds is 5. The molecule has 0 aliphatic carbocycles. The Bertz CT molecular complexity index is 1140. The van der Waals surface area contributed by atoms with Crippen molar-refractivity contribution >= 4 is 39.3 Å². The predicted molar refractivity (Wildman–Crippen MR) is 100 cm³/mol. The minimum absolute atomic E-state index is 0.144. The van der Waals surface area contributed by atoms with E-state index in [-0.39, 0.29) is 5.88 Å². The maximum absolute atomic E-state index is 12.5. The number of aliphatic hydroxyl groups is 1. The molecule has 4 aromatic rings. The van der Waals surface area contributed by atoms with Gasteiger partial charge in [0.1, 0.15) is 11.1 Å². The van der Waals surface area contributed by atoms with Gasteiger partial charge in [-0.25, -0.2) is 9.48 Å². The highest BCUT2D eigenvalue weighted by atomic mass is 35.5. The van der Waals surface area contributed by atoms with E-state index >= 15 is 0 Å². The summed E-state index contributed by atoms with van der Waals surface area (Å²) in [4.78, 5) is 12.5. The van der Waals surface area contributed by atoms with E-state index in [1.165, 1.54) is 4.68 Å². The van der Waals surface area contributed by atoms with Crippen molar-refractivity contribution in [2.75, 3.05) is 17.7 Å². The molecule has 2 N–H and O–H groups in total. The first kappa shape index (κ1) is 16.6. The van der Waals surface area contributed by atoms with Crippen molar-refractivity contribution in [3.63, 3.8) is 0 Å². The first-order valence-electron chi connectivity index (χ1n) is 8.02. The van der Waals surface area contributed by atoms with Gasteiger partial charge in [0.15, 0.2) is 5.69 Å². The number of para-hydroxylation sites is 1. The van der Waals surface area contributed by atoms with Gasteiger partial charge in [-0.1, -0.05) is 17.3 Å². The van der Waals surface area contributed by atoms with E-state index in [1.807, 2.05) is 36.4 Å². The number of alkyl halides is 1. The average Bonchev–Trinajstić information content (AvgIpc) is 3.09. The molecule has 0 bridgehead atoms. The Labute approximate surface area is 152 Å². The summed E-state index contributed by atoms with van der Waals surface area (Å²) < 4.78 is 6.94. The van der Waals surface area contributed by atoms with Gasteiger partial charge in [-0.2, -0.15) is 0 Å². The van der Waals surface area contributed by atoms with Gasteiger partial charge in [0.05, 0.1) is 17.5 Å². The zero-order valence-electron chi connectivity index (χ0n) is 13.6. The number of aliphatic hydroxyl groups excluding tert-OH is 1. The van der Waals surface area contributed by atoms with Crippen molar-refractivity contribution in [1.82, 2.24) is 15.0 Å². The van der Waals surface area contributed by atoms with Gasteiger partial charge < -0.3 is 14.8 Å². The fourth-order valence-electron chi connectivity index (χ4n) is 2.70. The topological polar surface area (TPSA) is 93.2 Å². The lowest BCUT2D eigenvalue weighted by molar-refractivity contribution is 0.211. The van der Waals surface area contributed by atoms with Crippen LogP contribution in [-0.2, 0) is 0 Å². The first-order chi connectivity index (χ1) is 12.7. The Morgan fingerprint density at radius 3 is 2.92 bits per heavy atom. The number of hydrogen-bond donors (Lipinski definition) is 2. The van der Waals surface area contributed by atoms with E-state index in [1.54, 1.807) is 12.1 Å². The summed E-state index contributed by atoms with van der Waals surface area (Å²) in [5, 5.41) is 21.5. The van der Waals surface area contributed by atoms with Crippen LogP contribution in [0.3, 0.4) is 0 Å². The molecule has 0 amide bonds. The third-order valence-electron chi connectivity index (χ3n) is 4.02. The first-order valence-corrected chi connectivity index (χ1v) is 8.56. The molecule has 2 aromatic heterocycles. The average molecular weight is 371 g/mol. The second-order valence-electron chi connectivity index (χ2n) is 5.85. The van der Waals surface area contributed by atoms with Crippen LogP contribution >= 0.6 is 11.6 Å². The van der Waals surface area contributed by atoms with Crippen LogP contribution in [0, 0.1) is 0 Å². The highest BCUT2D eigenvalue weighted by Gasteiger charge is 2.13. The van der Waals surface area contributed by atoms with Gasteiger partial charge in [0.2, 0.25) is 0 Å². The standard InChI is InChI=1S/C18H15ClN4O3/c19-9-13(24)10-20-12-6-5-11-7-16(18(25)26-17(11)8-12)23-15-4-2-1-3-14(15)21-22-23/h1-8,13,20,24H,9-10H2. The number of hydrogen-bond acceptors (Lipinski definition) is 6. The monoisotopic (exact) mass is 370 g/mol. The fraction of sp³-hybridized carbons (Fsp3) is 0.167. The number of fused-ring (bicyclic) bond motifs is 2. The molecule has 7 nitrogen and oxygen atoms in total. The van der Waals surface area contributed by atoms with Crippen LogP contribution in [0.1, 0.15) is 0 Å². The molecule has 0 radical (unpaired) electrons. The molecule has 1 unspecified atom stereocenters. The molecule has 0 fully saturated rings. The maximum Gasteiger partial charge on any atom is 0.362 e. The molecular weight excluding hydrogens is 356 g/mol. The molecule has 4 rings (SSSR count). The number of nitrogens with zero attached hydrogens (tertiary/aromatic N) is 3. The zero-order chi connectivity index (χ0) is 18.1. The molecule has 2 heterocycles. The SMILES string of the molecule is O=c1oc2cc(NCC(O)CCl)ccc2cc1-n1nnc2ccccc21. The van der Waals surface area contributed by atoms with E-state index < -0.39 is 11.7 Å². The quantitative estimate of drug-likeness (QED) is 0.414. The van der Waals surface area contributed by atoms with Gasteiger partial charge in [-0.3, -0.25) is 0 Å². The Kier molecular flexibility index (Phi) is 4.32. The summed E-state index contributed by atoms with van der Waals surface area (Å²) in [6, 6.07) is 14.5. The number of nitrogens with one attached hydrogen (secondary N) is 1. The van der Waals surface area contributed by atoms with Crippen LogP contribution in [0.25, 0.3) is 27.7 Å². The van der Waals surface area contributed by atoms with E-state index in [9.17, 15) is 9.90 Å². The summed E-state index contributed by atoms with van der Waals surface area (Å²) in [5.41, 5.74) is 2.38. The van der Waals surface area contributed by atoms with Crippen molar-refractivity contribution in [2.45, 2.75) is 6.10 Å². The number of halogens is 1. The molecule has 0 aliphatic rings. The van der Waals surface area contributed by atoms with Crippen LogP contribution < -0.4 is 10.9 Å². The molecule has 2 aromatic carbocycles. The Hall–Kier alpha value is -2.90. The van der Waals surface area contributed by atoms with E-state index in [2.05, 4.69) is 15.6 Å². The second-order valence-corrected chi connectivity index (χ2v) is 6.16. The highest BCUT2D eigenvalue weighted by Crippen LogP contribution is 2.21. The lowest BCUT2D eigenvalue weighted by Crippen LogP contribution is -2.20. The van der Waals surface area contributed by atoms with Gasteiger partial charge in [-0.05, 0) is 30.3 Å². The van der Waals surface area contributed by atoms with Crippen molar-refractivity contribution in [3.8, 4) is 5.69 Å². The third kappa shape index (κ3) is 3.02. The Morgan fingerprint density at radius 1 is 1.23 bits per heavy atom. The predicted octanol–water partition coefficient (Wildman–Crippen LogP) is 2.54.